The molecule has 0 heterocycles. The van der Waals surface area contributed by atoms with Crippen LogP contribution >= 0.6 is 0 Å². The predicted octanol–water partition coefficient (Wildman–Crippen LogP) is 2.11. The highest BCUT2D eigenvalue weighted by molar-refractivity contribution is 7.85. The quantitative estimate of drug-likeness (QED) is 0.613. The van der Waals surface area contributed by atoms with E-state index in [0.717, 1.165) is 29.9 Å². The lowest BCUT2D eigenvalue weighted by Crippen LogP contribution is -2.03. The van der Waals surface area contributed by atoms with Crippen LogP contribution in [0, 0.1) is 6.92 Å². The average molecular weight is 241 g/mol. The molecule has 1 aromatic carbocycles. The van der Waals surface area contributed by atoms with E-state index in [1.807, 2.05) is 25.1 Å². The molecule has 0 aromatic heterocycles. The fraction of sp³-hybridized carbons (Fsp3) is 0.500. The molecule has 2 N–H and O–H groups in total. The highest BCUT2D eigenvalue weighted by atomic mass is 32.2. The standard InChI is InChI=1S/C12H19NO2S/c1-10-11(13)6-5-7-12(10)16(14)9-4-3-8-15-2/h5-7H,3-4,8-9,13H2,1-2H3. The number of methoxy groups -OCH3 is 1. The molecule has 1 atom stereocenters. The Hall–Kier alpha value is -0.870. The summed E-state index contributed by atoms with van der Waals surface area (Å²) in [6.45, 7) is 2.64. The van der Waals surface area contributed by atoms with E-state index in [1.165, 1.54) is 0 Å². The maximum atomic E-state index is 12.0. The Kier molecular flexibility index (Phi) is 5.49. The summed E-state index contributed by atoms with van der Waals surface area (Å²) in [7, 11) is 0.735. The molecule has 0 saturated carbocycles. The van der Waals surface area contributed by atoms with Crippen molar-refractivity contribution in [1.29, 1.82) is 0 Å². The third kappa shape index (κ3) is 3.61. The Bertz CT molecular complexity index is 366. The molecule has 3 nitrogen and oxygen atoms in total. The smallest absolute Gasteiger partial charge is 0.0532 e. The number of benzene rings is 1. The second-order valence-corrected chi connectivity index (χ2v) is 5.26. The molecular weight excluding hydrogens is 222 g/mol. The molecule has 0 spiro atoms. The highest BCUT2D eigenvalue weighted by Crippen LogP contribution is 2.19. The van der Waals surface area contributed by atoms with Gasteiger partial charge in [0.25, 0.3) is 0 Å². The van der Waals surface area contributed by atoms with Gasteiger partial charge in [-0.25, -0.2) is 0 Å². The van der Waals surface area contributed by atoms with Gasteiger partial charge in [-0.05, 0) is 37.5 Å². The zero-order valence-corrected chi connectivity index (χ0v) is 10.7. The number of hydrogen-bond donors (Lipinski definition) is 1. The van der Waals surface area contributed by atoms with Crippen LogP contribution in [0.15, 0.2) is 23.1 Å². The van der Waals surface area contributed by atoms with Gasteiger partial charge in [-0.1, -0.05) is 6.07 Å². The maximum absolute atomic E-state index is 12.0. The summed E-state index contributed by atoms with van der Waals surface area (Å²) in [6, 6.07) is 5.57. The van der Waals surface area contributed by atoms with Crippen molar-refractivity contribution in [3.05, 3.63) is 23.8 Å². The SMILES string of the molecule is COCCCCS(=O)c1cccc(N)c1C. The minimum Gasteiger partial charge on any atom is -0.398 e. The number of anilines is 1. The number of rotatable bonds is 6. The molecule has 0 aliphatic rings. The lowest BCUT2D eigenvalue weighted by molar-refractivity contribution is 0.194. The largest absolute Gasteiger partial charge is 0.398 e. The van der Waals surface area contributed by atoms with Gasteiger partial charge >= 0.3 is 0 Å². The third-order valence-corrected chi connectivity index (χ3v) is 4.09. The van der Waals surface area contributed by atoms with Crippen LogP contribution in [0.5, 0.6) is 0 Å². The van der Waals surface area contributed by atoms with Crippen molar-refractivity contribution in [3.8, 4) is 0 Å². The van der Waals surface area contributed by atoms with Crippen molar-refractivity contribution in [2.45, 2.75) is 24.7 Å². The van der Waals surface area contributed by atoms with E-state index in [9.17, 15) is 4.21 Å². The number of hydrogen-bond acceptors (Lipinski definition) is 3. The van der Waals surface area contributed by atoms with Gasteiger partial charge in [-0.3, -0.25) is 4.21 Å². The Morgan fingerprint density at radius 3 is 2.81 bits per heavy atom. The van der Waals surface area contributed by atoms with Crippen LogP contribution < -0.4 is 5.73 Å². The van der Waals surface area contributed by atoms with Gasteiger partial charge < -0.3 is 10.5 Å². The lowest BCUT2D eigenvalue weighted by atomic mass is 10.2. The Morgan fingerprint density at radius 2 is 2.12 bits per heavy atom. The molecule has 0 saturated heterocycles. The molecule has 0 radical (unpaired) electrons. The molecular formula is C12H19NO2S. The first kappa shape index (κ1) is 13.2. The molecule has 0 fully saturated rings. The normalized spacial score (nSPS) is 12.6. The minimum absolute atomic E-state index is 0.674. The monoisotopic (exact) mass is 241 g/mol. The van der Waals surface area contributed by atoms with Crippen LogP contribution in [0.1, 0.15) is 18.4 Å². The summed E-state index contributed by atoms with van der Waals surface area (Å²) in [5.41, 5.74) is 7.43. The second-order valence-electron chi connectivity index (χ2n) is 3.72. The maximum Gasteiger partial charge on any atom is 0.0532 e. The summed E-state index contributed by atoms with van der Waals surface area (Å²) in [6.07, 6.45) is 1.86. The molecule has 1 rings (SSSR count). The summed E-state index contributed by atoms with van der Waals surface area (Å²) < 4.78 is 16.9. The fourth-order valence-corrected chi connectivity index (χ4v) is 2.84. The van der Waals surface area contributed by atoms with Crippen LogP contribution in [-0.2, 0) is 15.5 Å². The zero-order chi connectivity index (χ0) is 12.0. The third-order valence-electron chi connectivity index (χ3n) is 2.50. The van der Waals surface area contributed by atoms with Crippen molar-refractivity contribution < 1.29 is 8.95 Å². The first-order valence-electron chi connectivity index (χ1n) is 5.39. The summed E-state index contributed by atoms with van der Waals surface area (Å²) in [5.74, 6) is 0.674. The zero-order valence-electron chi connectivity index (χ0n) is 9.86. The molecule has 0 aliphatic carbocycles. The van der Waals surface area contributed by atoms with Crippen molar-refractivity contribution in [1.82, 2.24) is 0 Å². The van der Waals surface area contributed by atoms with Crippen LogP contribution in [0.4, 0.5) is 5.69 Å². The molecule has 1 unspecified atom stereocenters. The number of nitrogen functional groups attached to an aromatic ring is 1. The van der Waals surface area contributed by atoms with E-state index in [4.69, 9.17) is 10.5 Å². The number of unbranched alkanes of at least 4 members (excludes halogenated alkanes) is 1. The van der Waals surface area contributed by atoms with Crippen molar-refractivity contribution >= 4 is 16.5 Å². The summed E-state index contributed by atoms with van der Waals surface area (Å²) in [5, 5.41) is 0. The molecule has 0 amide bonds. The van der Waals surface area contributed by atoms with Crippen LogP contribution in [0.25, 0.3) is 0 Å². The van der Waals surface area contributed by atoms with Gasteiger partial charge in [-0.2, -0.15) is 0 Å². The summed E-state index contributed by atoms with van der Waals surface area (Å²) >= 11 is 0. The van der Waals surface area contributed by atoms with Gasteiger partial charge in [0.2, 0.25) is 0 Å². The Balaban J connectivity index is 2.56. The number of nitrogens with two attached hydrogens (primary N) is 1. The van der Waals surface area contributed by atoms with E-state index >= 15 is 0 Å². The molecule has 0 bridgehead atoms. The lowest BCUT2D eigenvalue weighted by Gasteiger charge is -2.07. The van der Waals surface area contributed by atoms with Gasteiger partial charge in [0.15, 0.2) is 0 Å². The van der Waals surface area contributed by atoms with Gasteiger partial charge in [-0.15, -0.1) is 0 Å². The van der Waals surface area contributed by atoms with E-state index < -0.39 is 10.8 Å². The predicted molar refractivity (Wildman–Crippen MR) is 68.0 cm³/mol. The van der Waals surface area contributed by atoms with Crippen LogP contribution in [-0.4, -0.2) is 23.7 Å². The molecule has 4 heteroatoms. The van der Waals surface area contributed by atoms with Gasteiger partial charge in [0.1, 0.15) is 0 Å². The van der Waals surface area contributed by atoms with Crippen molar-refractivity contribution in [2.24, 2.45) is 0 Å². The first-order valence-corrected chi connectivity index (χ1v) is 6.71. The summed E-state index contributed by atoms with van der Waals surface area (Å²) in [4.78, 5) is 0.859. The van der Waals surface area contributed by atoms with Crippen LogP contribution in [0.2, 0.25) is 0 Å². The van der Waals surface area contributed by atoms with Crippen molar-refractivity contribution in [2.75, 3.05) is 25.2 Å². The highest BCUT2D eigenvalue weighted by Gasteiger charge is 2.08. The second kappa shape index (κ2) is 6.66. The average Bonchev–Trinajstić information content (AvgIpc) is 2.28. The molecule has 16 heavy (non-hydrogen) atoms. The van der Waals surface area contributed by atoms with E-state index in [0.29, 0.717) is 11.4 Å². The van der Waals surface area contributed by atoms with Crippen molar-refractivity contribution in [3.63, 3.8) is 0 Å². The first-order chi connectivity index (χ1) is 7.66. The topological polar surface area (TPSA) is 52.3 Å². The molecule has 0 aliphatic heterocycles. The fourth-order valence-electron chi connectivity index (χ4n) is 1.47. The Morgan fingerprint density at radius 1 is 1.38 bits per heavy atom. The van der Waals surface area contributed by atoms with E-state index in [2.05, 4.69) is 0 Å². The van der Waals surface area contributed by atoms with Gasteiger partial charge in [0, 0.05) is 30.1 Å². The molecule has 90 valence electrons. The van der Waals surface area contributed by atoms with Crippen LogP contribution in [0.3, 0.4) is 0 Å². The minimum atomic E-state index is -0.944. The van der Waals surface area contributed by atoms with E-state index in [-0.39, 0.29) is 0 Å². The number of ether oxygens (including phenoxy) is 1. The van der Waals surface area contributed by atoms with Gasteiger partial charge in [0.05, 0.1) is 10.8 Å². The molecule has 1 aromatic rings. The van der Waals surface area contributed by atoms with E-state index in [1.54, 1.807) is 7.11 Å². The Labute approximate surface area is 99.4 Å².